The highest BCUT2D eigenvalue weighted by Gasteiger charge is 1.79. The van der Waals surface area contributed by atoms with Gasteiger partial charge in [-0.15, -0.1) is 0 Å². The molecule has 0 aliphatic carbocycles. The standard InChI is InChI=1S/C5H9BO/c6-4-2-1-3-5-7/h5H,1-4H2. The highest BCUT2D eigenvalue weighted by atomic mass is 16.1. The van der Waals surface area contributed by atoms with Crippen LogP contribution in [-0.4, -0.2) is 14.1 Å². The van der Waals surface area contributed by atoms with Gasteiger partial charge in [-0.1, -0.05) is 12.7 Å². The summed E-state index contributed by atoms with van der Waals surface area (Å²) in [5, 5.41) is 0. The molecule has 0 spiro atoms. The fraction of sp³-hybridized carbons (Fsp3) is 0.800. The van der Waals surface area contributed by atoms with E-state index >= 15 is 0 Å². The summed E-state index contributed by atoms with van der Waals surface area (Å²) in [5.41, 5.74) is 0. The zero-order valence-corrected chi connectivity index (χ0v) is 4.39. The molecule has 0 fully saturated rings. The second kappa shape index (κ2) is 5.73. The lowest BCUT2D eigenvalue weighted by Gasteiger charge is -1.85. The van der Waals surface area contributed by atoms with Crippen molar-refractivity contribution in [2.24, 2.45) is 0 Å². The summed E-state index contributed by atoms with van der Waals surface area (Å²) in [6, 6.07) is 0. The molecule has 0 aromatic rings. The zero-order chi connectivity index (χ0) is 5.54. The summed E-state index contributed by atoms with van der Waals surface area (Å²) in [5.74, 6) is 0. The van der Waals surface area contributed by atoms with Gasteiger partial charge in [0.25, 0.3) is 0 Å². The molecule has 0 aliphatic heterocycles. The lowest BCUT2D eigenvalue weighted by molar-refractivity contribution is -0.107. The van der Waals surface area contributed by atoms with Gasteiger partial charge in [0.15, 0.2) is 0 Å². The SMILES string of the molecule is [B]CCCCC=O. The van der Waals surface area contributed by atoms with Gasteiger partial charge in [-0.25, -0.2) is 0 Å². The van der Waals surface area contributed by atoms with Crippen LogP contribution >= 0.6 is 0 Å². The lowest BCUT2D eigenvalue weighted by Crippen LogP contribution is -1.75. The Labute approximate surface area is 45.5 Å². The van der Waals surface area contributed by atoms with Crippen LogP contribution in [0.3, 0.4) is 0 Å². The molecule has 38 valence electrons. The van der Waals surface area contributed by atoms with Gasteiger partial charge in [-0.05, 0) is 6.42 Å². The predicted octanol–water partition coefficient (Wildman–Crippen LogP) is 0.942. The Morgan fingerprint density at radius 3 is 2.57 bits per heavy atom. The van der Waals surface area contributed by atoms with Crippen LogP contribution in [0.5, 0.6) is 0 Å². The summed E-state index contributed by atoms with van der Waals surface area (Å²) in [7, 11) is 5.15. The second-order valence-corrected chi connectivity index (χ2v) is 1.45. The quantitative estimate of drug-likeness (QED) is 0.289. The minimum Gasteiger partial charge on any atom is -0.303 e. The maximum Gasteiger partial charge on any atom is 0.119 e. The van der Waals surface area contributed by atoms with Crippen molar-refractivity contribution in [3.63, 3.8) is 0 Å². The van der Waals surface area contributed by atoms with Gasteiger partial charge in [0.2, 0.25) is 0 Å². The normalized spacial score (nSPS) is 8.57. The number of carbonyl (C=O) groups is 1. The number of hydrogen-bond acceptors (Lipinski definition) is 1. The van der Waals surface area contributed by atoms with Crippen molar-refractivity contribution in [1.82, 2.24) is 0 Å². The molecule has 1 nitrogen and oxygen atoms in total. The minimum atomic E-state index is 0.664. The highest BCUT2D eigenvalue weighted by molar-refractivity contribution is 6.08. The largest absolute Gasteiger partial charge is 0.303 e. The van der Waals surface area contributed by atoms with Crippen molar-refractivity contribution in [2.75, 3.05) is 0 Å². The van der Waals surface area contributed by atoms with E-state index in [1.54, 1.807) is 0 Å². The van der Waals surface area contributed by atoms with Gasteiger partial charge < -0.3 is 4.79 Å². The van der Waals surface area contributed by atoms with Crippen molar-refractivity contribution in [2.45, 2.75) is 25.6 Å². The Hall–Kier alpha value is -0.265. The van der Waals surface area contributed by atoms with Crippen molar-refractivity contribution in [3.05, 3.63) is 0 Å². The van der Waals surface area contributed by atoms with Crippen molar-refractivity contribution in [3.8, 4) is 0 Å². The van der Waals surface area contributed by atoms with E-state index < -0.39 is 0 Å². The van der Waals surface area contributed by atoms with Gasteiger partial charge in [0, 0.05) is 6.42 Å². The van der Waals surface area contributed by atoms with Crippen LogP contribution < -0.4 is 0 Å². The predicted molar refractivity (Wildman–Crippen MR) is 30.5 cm³/mol. The van der Waals surface area contributed by atoms with Crippen molar-refractivity contribution >= 4 is 14.1 Å². The molecule has 7 heavy (non-hydrogen) atoms. The third-order valence-electron chi connectivity index (χ3n) is 0.776. The van der Waals surface area contributed by atoms with Crippen LogP contribution in [-0.2, 0) is 4.79 Å². The van der Waals surface area contributed by atoms with Crippen LogP contribution in [0.2, 0.25) is 6.32 Å². The van der Waals surface area contributed by atoms with Gasteiger partial charge in [0.05, 0.1) is 7.85 Å². The lowest BCUT2D eigenvalue weighted by atomic mass is 10.00. The molecular weight excluding hydrogens is 86.9 g/mol. The topological polar surface area (TPSA) is 17.1 Å². The molecule has 0 atom stereocenters. The minimum absolute atomic E-state index is 0.664. The molecule has 0 aliphatic rings. The fourth-order valence-electron chi connectivity index (χ4n) is 0.372. The Morgan fingerprint density at radius 2 is 2.14 bits per heavy atom. The van der Waals surface area contributed by atoms with Crippen LogP contribution in [0.15, 0.2) is 0 Å². The Balaban J connectivity index is 2.56. The van der Waals surface area contributed by atoms with Gasteiger partial charge in [-0.3, -0.25) is 0 Å². The summed E-state index contributed by atoms with van der Waals surface area (Å²) >= 11 is 0. The molecule has 0 unspecified atom stereocenters. The third kappa shape index (κ3) is 5.73. The van der Waals surface area contributed by atoms with Gasteiger partial charge in [-0.2, -0.15) is 0 Å². The number of hydrogen-bond donors (Lipinski definition) is 0. The van der Waals surface area contributed by atoms with E-state index in [-0.39, 0.29) is 0 Å². The maximum absolute atomic E-state index is 9.64. The molecular formula is C5H9BO. The molecule has 0 rings (SSSR count). The van der Waals surface area contributed by atoms with E-state index in [4.69, 9.17) is 7.85 Å². The monoisotopic (exact) mass is 96.1 g/mol. The molecule has 0 bridgehead atoms. The van der Waals surface area contributed by atoms with Crippen LogP contribution in [0.25, 0.3) is 0 Å². The third-order valence-corrected chi connectivity index (χ3v) is 0.776. The molecule has 0 aromatic carbocycles. The molecule has 2 heteroatoms. The second-order valence-electron chi connectivity index (χ2n) is 1.45. The van der Waals surface area contributed by atoms with Crippen LogP contribution in [0, 0.1) is 0 Å². The number of rotatable bonds is 4. The Kier molecular flexibility index (Phi) is 5.52. The Bertz CT molecular complexity index is 45.3. The van der Waals surface area contributed by atoms with Crippen LogP contribution in [0.4, 0.5) is 0 Å². The zero-order valence-electron chi connectivity index (χ0n) is 4.39. The first-order chi connectivity index (χ1) is 3.41. The summed E-state index contributed by atoms with van der Waals surface area (Å²) in [6.07, 6.45) is 4.21. The van der Waals surface area contributed by atoms with Crippen molar-refractivity contribution in [1.29, 1.82) is 0 Å². The number of aldehydes is 1. The van der Waals surface area contributed by atoms with E-state index in [1.807, 2.05) is 0 Å². The van der Waals surface area contributed by atoms with Crippen LogP contribution in [0.1, 0.15) is 19.3 Å². The molecule has 0 heterocycles. The fourth-order valence-corrected chi connectivity index (χ4v) is 0.372. The Morgan fingerprint density at radius 1 is 1.43 bits per heavy atom. The van der Waals surface area contributed by atoms with Crippen molar-refractivity contribution < 1.29 is 4.79 Å². The van der Waals surface area contributed by atoms with Gasteiger partial charge in [0.1, 0.15) is 6.29 Å². The van der Waals surface area contributed by atoms with E-state index in [9.17, 15) is 4.79 Å². The highest BCUT2D eigenvalue weighted by Crippen LogP contribution is 1.93. The first-order valence-electron chi connectivity index (χ1n) is 2.55. The van der Waals surface area contributed by atoms with E-state index in [2.05, 4.69) is 0 Å². The molecule has 0 amide bonds. The average Bonchev–Trinajstić information content (AvgIpc) is 1.69. The van der Waals surface area contributed by atoms with Gasteiger partial charge >= 0.3 is 0 Å². The number of unbranched alkanes of at least 4 members (excludes halogenated alkanes) is 2. The molecule has 0 aromatic heterocycles. The van der Waals surface area contributed by atoms with E-state index in [1.165, 1.54) is 0 Å². The summed E-state index contributed by atoms with van der Waals surface area (Å²) in [4.78, 5) is 9.64. The smallest absolute Gasteiger partial charge is 0.119 e. The molecule has 0 N–H and O–H groups in total. The molecule has 0 saturated carbocycles. The molecule has 0 saturated heterocycles. The summed E-state index contributed by atoms with van der Waals surface area (Å²) in [6.45, 7) is 0. The number of carbonyl (C=O) groups excluding carboxylic acids is 1. The first-order valence-corrected chi connectivity index (χ1v) is 2.55. The maximum atomic E-state index is 9.64. The average molecular weight is 95.9 g/mol. The van der Waals surface area contributed by atoms with E-state index in [0.717, 1.165) is 19.1 Å². The van der Waals surface area contributed by atoms with E-state index in [0.29, 0.717) is 12.7 Å². The molecule has 2 radical (unpaired) electrons. The summed E-state index contributed by atoms with van der Waals surface area (Å²) < 4.78 is 0. The first kappa shape index (κ1) is 6.73.